The normalized spacial score (nSPS) is 11.8. The maximum Gasteiger partial charge on any atom is 0.325 e. The van der Waals surface area contributed by atoms with E-state index in [-0.39, 0.29) is 6.54 Å². The minimum Gasteiger partial charge on any atom is -0.480 e. The fraction of sp³-hybridized carbons (Fsp3) is 0.182. The van der Waals surface area contributed by atoms with Gasteiger partial charge in [-0.1, -0.05) is 35.2 Å². The molecular weight excluding hydrogens is 249 g/mol. The standard InChI is InChI=1S/C11H9Cl2NO2/c1-2-5-14-10(11(15)16)8-4-3-7(12)6-9(8)13/h1,3-4,6,10,14H,5H2,(H,15,16). The van der Waals surface area contributed by atoms with Gasteiger partial charge in [0.1, 0.15) is 6.04 Å². The van der Waals surface area contributed by atoms with E-state index in [4.69, 9.17) is 34.7 Å². The third-order valence-electron chi connectivity index (χ3n) is 1.93. The Morgan fingerprint density at radius 1 is 1.56 bits per heavy atom. The van der Waals surface area contributed by atoms with E-state index < -0.39 is 12.0 Å². The number of carbonyl (C=O) groups is 1. The highest BCUT2D eigenvalue weighted by Gasteiger charge is 2.21. The summed E-state index contributed by atoms with van der Waals surface area (Å²) in [6.45, 7) is 0.149. The zero-order valence-corrected chi connectivity index (χ0v) is 9.72. The molecule has 0 amide bonds. The van der Waals surface area contributed by atoms with Crippen molar-refractivity contribution in [3.05, 3.63) is 33.8 Å². The fourth-order valence-corrected chi connectivity index (χ4v) is 1.74. The summed E-state index contributed by atoms with van der Waals surface area (Å²) in [5.41, 5.74) is 0.439. The molecule has 5 heteroatoms. The lowest BCUT2D eigenvalue weighted by molar-refractivity contribution is -0.139. The van der Waals surface area contributed by atoms with Crippen LogP contribution in [-0.4, -0.2) is 17.6 Å². The minimum absolute atomic E-state index is 0.149. The molecule has 0 saturated carbocycles. The molecule has 0 aliphatic heterocycles. The molecule has 1 aromatic carbocycles. The first kappa shape index (κ1) is 12.9. The molecule has 0 radical (unpaired) electrons. The maximum absolute atomic E-state index is 11.0. The summed E-state index contributed by atoms with van der Waals surface area (Å²) in [6, 6.07) is 3.70. The molecule has 1 aromatic rings. The first-order chi connectivity index (χ1) is 7.56. The van der Waals surface area contributed by atoms with Crippen LogP contribution < -0.4 is 5.32 Å². The lowest BCUT2D eigenvalue weighted by Gasteiger charge is -2.14. The molecule has 1 atom stereocenters. The molecule has 0 aliphatic rings. The van der Waals surface area contributed by atoms with Gasteiger partial charge in [-0.3, -0.25) is 10.1 Å². The Morgan fingerprint density at radius 2 is 2.25 bits per heavy atom. The quantitative estimate of drug-likeness (QED) is 0.815. The Kier molecular flexibility index (Phi) is 4.63. The molecular formula is C11H9Cl2NO2. The summed E-state index contributed by atoms with van der Waals surface area (Å²) in [5.74, 6) is 1.27. The second kappa shape index (κ2) is 5.76. The van der Waals surface area contributed by atoms with Gasteiger partial charge in [0.05, 0.1) is 6.54 Å². The van der Waals surface area contributed by atoms with E-state index in [1.807, 2.05) is 0 Å². The van der Waals surface area contributed by atoms with E-state index in [9.17, 15) is 4.79 Å². The van der Waals surface area contributed by atoms with Crippen molar-refractivity contribution in [2.45, 2.75) is 6.04 Å². The van der Waals surface area contributed by atoms with Crippen molar-refractivity contribution in [1.29, 1.82) is 0 Å². The van der Waals surface area contributed by atoms with Crippen LogP contribution >= 0.6 is 23.2 Å². The second-order valence-electron chi connectivity index (χ2n) is 3.02. The molecule has 0 aliphatic carbocycles. The van der Waals surface area contributed by atoms with Gasteiger partial charge in [0.2, 0.25) is 0 Å². The number of carboxylic acids is 1. The van der Waals surface area contributed by atoms with E-state index in [0.29, 0.717) is 15.6 Å². The van der Waals surface area contributed by atoms with Crippen LogP contribution in [0.1, 0.15) is 11.6 Å². The van der Waals surface area contributed by atoms with Crippen molar-refractivity contribution < 1.29 is 9.90 Å². The van der Waals surface area contributed by atoms with Gasteiger partial charge in [-0.15, -0.1) is 6.42 Å². The molecule has 0 bridgehead atoms. The highest BCUT2D eigenvalue weighted by atomic mass is 35.5. The Bertz CT molecular complexity index is 440. The van der Waals surface area contributed by atoms with E-state index in [1.54, 1.807) is 12.1 Å². The maximum atomic E-state index is 11.0. The number of hydrogen-bond donors (Lipinski definition) is 2. The Hall–Kier alpha value is -1.21. The molecule has 0 aromatic heterocycles. The Balaban J connectivity index is 3.02. The van der Waals surface area contributed by atoms with Crippen LogP contribution in [0, 0.1) is 12.3 Å². The van der Waals surface area contributed by atoms with Gasteiger partial charge < -0.3 is 5.11 Å². The highest BCUT2D eigenvalue weighted by molar-refractivity contribution is 6.35. The summed E-state index contributed by atoms with van der Waals surface area (Å²) in [4.78, 5) is 11.0. The van der Waals surface area contributed by atoms with Crippen LogP contribution in [0.2, 0.25) is 10.0 Å². The van der Waals surface area contributed by atoms with Crippen LogP contribution in [0.5, 0.6) is 0 Å². The number of benzene rings is 1. The van der Waals surface area contributed by atoms with Gasteiger partial charge in [0.25, 0.3) is 0 Å². The van der Waals surface area contributed by atoms with Crippen molar-refractivity contribution in [2.24, 2.45) is 0 Å². The molecule has 84 valence electrons. The monoisotopic (exact) mass is 257 g/mol. The lowest BCUT2D eigenvalue weighted by atomic mass is 10.1. The SMILES string of the molecule is C#CCNC(C(=O)O)c1ccc(Cl)cc1Cl. The molecule has 1 unspecified atom stereocenters. The van der Waals surface area contributed by atoms with Gasteiger partial charge in [-0.25, -0.2) is 0 Å². The second-order valence-corrected chi connectivity index (χ2v) is 3.87. The molecule has 0 saturated heterocycles. The van der Waals surface area contributed by atoms with Crippen molar-refractivity contribution in [3.8, 4) is 12.3 Å². The van der Waals surface area contributed by atoms with E-state index in [0.717, 1.165) is 0 Å². The average Bonchev–Trinajstić information content (AvgIpc) is 2.20. The van der Waals surface area contributed by atoms with Crippen molar-refractivity contribution >= 4 is 29.2 Å². The highest BCUT2D eigenvalue weighted by Crippen LogP contribution is 2.26. The molecule has 1 rings (SSSR count). The third kappa shape index (κ3) is 3.14. The van der Waals surface area contributed by atoms with E-state index in [1.165, 1.54) is 6.07 Å². The van der Waals surface area contributed by atoms with Gasteiger partial charge >= 0.3 is 5.97 Å². The number of hydrogen-bond acceptors (Lipinski definition) is 2. The minimum atomic E-state index is -1.04. The smallest absolute Gasteiger partial charge is 0.325 e. The number of nitrogens with one attached hydrogen (secondary N) is 1. The van der Waals surface area contributed by atoms with Crippen LogP contribution in [0.15, 0.2) is 18.2 Å². The summed E-state index contributed by atoms with van der Waals surface area (Å²) in [6.07, 6.45) is 5.06. The summed E-state index contributed by atoms with van der Waals surface area (Å²) < 4.78 is 0. The number of halogens is 2. The first-order valence-corrected chi connectivity index (χ1v) is 5.16. The Labute approximate surface area is 103 Å². The molecule has 3 nitrogen and oxygen atoms in total. The molecule has 0 fully saturated rings. The van der Waals surface area contributed by atoms with Gasteiger partial charge in [-0.2, -0.15) is 0 Å². The van der Waals surface area contributed by atoms with Crippen molar-refractivity contribution in [1.82, 2.24) is 5.32 Å². The predicted octanol–water partition coefficient (Wildman–Crippen LogP) is 2.34. The molecule has 2 N–H and O–H groups in total. The van der Waals surface area contributed by atoms with Crippen LogP contribution in [-0.2, 0) is 4.79 Å². The summed E-state index contributed by atoms with van der Waals surface area (Å²) in [7, 11) is 0. The fourth-order valence-electron chi connectivity index (χ4n) is 1.23. The predicted molar refractivity (Wildman–Crippen MR) is 63.7 cm³/mol. The van der Waals surface area contributed by atoms with Crippen molar-refractivity contribution in [2.75, 3.05) is 6.54 Å². The number of terminal acetylenes is 1. The zero-order chi connectivity index (χ0) is 12.1. The number of carboxylic acid groups (broad SMARTS) is 1. The first-order valence-electron chi connectivity index (χ1n) is 4.41. The number of rotatable bonds is 4. The molecule has 16 heavy (non-hydrogen) atoms. The van der Waals surface area contributed by atoms with E-state index >= 15 is 0 Å². The lowest BCUT2D eigenvalue weighted by Crippen LogP contribution is -2.28. The summed E-state index contributed by atoms with van der Waals surface area (Å²) in [5, 5.41) is 12.5. The average molecular weight is 258 g/mol. The largest absolute Gasteiger partial charge is 0.480 e. The number of aliphatic carboxylic acids is 1. The van der Waals surface area contributed by atoms with Crippen molar-refractivity contribution in [3.63, 3.8) is 0 Å². The van der Waals surface area contributed by atoms with Crippen LogP contribution in [0.25, 0.3) is 0 Å². The van der Waals surface area contributed by atoms with Gasteiger partial charge in [0, 0.05) is 10.0 Å². The summed E-state index contributed by atoms with van der Waals surface area (Å²) >= 11 is 11.6. The third-order valence-corrected chi connectivity index (χ3v) is 2.49. The zero-order valence-electron chi connectivity index (χ0n) is 8.21. The van der Waals surface area contributed by atoms with Crippen LogP contribution in [0.3, 0.4) is 0 Å². The molecule has 0 spiro atoms. The van der Waals surface area contributed by atoms with Gasteiger partial charge in [0.15, 0.2) is 0 Å². The topological polar surface area (TPSA) is 49.3 Å². The molecule has 0 heterocycles. The van der Waals surface area contributed by atoms with Gasteiger partial charge in [-0.05, 0) is 17.7 Å². The Morgan fingerprint density at radius 3 is 2.75 bits per heavy atom. The van der Waals surface area contributed by atoms with Crippen LogP contribution in [0.4, 0.5) is 0 Å². The van der Waals surface area contributed by atoms with E-state index in [2.05, 4.69) is 11.2 Å².